The number of unbranched alkanes of at least 4 members (excludes halogenated alkanes) is 19. The zero-order chi connectivity index (χ0) is 23.1. The number of rotatable bonds is 22. The topological polar surface area (TPSA) is 46.5 Å². The lowest BCUT2D eigenvalue weighted by molar-refractivity contribution is 0.144. The Kier molecular flexibility index (Phi) is 19.0. The number of hydrogen-bond acceptors (Lipinski definition) is 2. The normalized spacial score (nSPS) is 11.0. The van der Waals surface area contributed by atoms with Crippen molar-refractivity contribution >= 4 is 6.16 Å². The lowest BCUT2D eigenvalue weighted by Crippen LogP contribution is -2.05. The van der Waals surface area contributed by atoms with Gasteiger partial charge in [0.25, 0.3) is 0 Å². The van der Waals surface area contributed by atoms with Crippen molar-refractivity contribution in [2.75, 3.05) is 0 Å². The minimum absolute atomic E-state index is 0.484. The summed E-state index contributed by atoms with van der Waals surface area (Å²) >= 11 is 0. The zero-order valence-corrected chi connectivity index (χ0v) is 20.9. The average molecular weight is 447 g/mol. The van der Waals surface area contributed by atoms with Crippen molar-refractivity contribution in [1.82, 2.24) is 0 Å². The average Bonchev–Trinajstić information content (AvgIpc) is 2.78. The molecule has 1 N–H and O–H groups in total. The van der Waals surface area contributed by atoms with Crippen molar-refractivity contribution in [3.63, 3.8) is 0 Å². The van der Waals surface area contributed by atoms with Crippen LogP contribution in [0.15, 0.2) is 24.3 Å². The predicted molar refractivity (Wildman–Crippen MR) is 137 cm³/mol. The Balaban J connectivity index is 1.80. The molecule has 0 unspecified atom stereocenters. The first-order valence-corrected chi connectivity index (χ1v) is 13.7. The number of hydrogen-bond donors (Lipinski definition) is 1. The molecule has 0 aliphatic rings. The zero-order valence-electron chi connectivity index (χ0n) is 20.9. The molecule has 1 aromatic rings. The maximum Gasteiger partial charge on any atom is 0.511 e. The molecule has 32 heavy (non-hydrogen) atoms. The van der Waals surface area contributed by atoms with Crippen LogP contribution in [0.3, 0.4) is 0 Å². The van der Waals surface area contributed by atoms with Crippen LogP contribution >= 0.6 is 0 Å². The number of ether oxygens (including phenoxy) is 1. The largest absolute Gasteiger partial charge is 0.511 e. The first kappa shape index (κ1) is 28.5. The van der Waals surface area contributed by atoms with Gasteiger partial charge >= 0.3 is 6.16 Å². The van der Waals surface area contributed by atoms with Crippen LogP contribution in [0.1, 0.15) is 141 Å². The third-order valence-corrected chi connectivity index (χ3v) is 6.47. The van der Waals surface area contributed by atoms with Crippen molar-refractivity contribution in [3.8, 4) is 5.75 Å². The van der Waals surface area contributed by atoms with Gasteiger partial charge in [0.15, 0.2) is 0 Å². The van der Waals surface area contributed by atoms with Crippen molar-refractivity contribution in [2.45, 2.75) is 142 Å². The van der Waals surface area contributed by atoms with Gasteiger partial charge in [-0.1, -0.05) is 147 Å². The van der Waals surface area contributed by atoms with Crippen LogP contribution in [-0.2, 0) is 6.42 Å². The molecular weight excluding hydrogens is 396 g/mol. The van der Waals surface area contributed by atoms with Crippen molar-refractivity contribution < 1.29 is 14.6 Å². The van der Waals surface area contributed by atoms with Crippen LogP contribution in [-0.4, -0.2) is 11.3 Å². The summed E-state index contributed by atoms with van der Waals surface area (Å²) in [6, 6.07) is 7.47. The van der Waals surface area contributed by atoms with Crippen LogP contribution in [0, 0.1) is 0 Å². The molecular formula is C29H50O3. The van der Waals surface area contributed by atoms with E-state index in [0.29, 0.717) is 5.75 Å². The summed E-state index contributed by atoms with van der Waals surface area (Å²) in [5.41, 5.74) is 0.998. The molecule has 3 heteroatoms. The van der Waals surface area contributed by atoms with E-state index in [4.69, 9.17) is 9.84 Å². The number of aryl methyl sites for hydroxylation is 1. The maximum atomic E-state index is 10.8. The Hall–Kier alpha value is -1.51. The molecule has 0 bridgehead atoms. The molecule has 0 amide bonds. The number of carboxylic acid groups (broad SMARTS) is 1. The highest BCUT2D eigenvalue weighted by atomic mass is 16.7. The highest BCUT2D eigenvalue weighted by molar-refractivity contribution is 5.62. The van der Waals surface area contributed by atoms with Gasteiger partial charge in [-0.2, -0.15) is 0 Å². The fraction of sp³-hybridized carbons (Fsp3) is 0.759. The third-order valence-electron chi connectivity index (χ3n) is 6.47. The minimum atomic E-state index is -1.24. The number of para-hydroxylation sites is 1. The van der Waals surface area contributed by atoms with Gasteiger partial charge in [-0.05, 0) is 24.5 Å². The van der Waals surface area contributed by atoms with Crippen molar-refractivity contribution in [1.29, 1.82) is 0 Å². The summed E-state index contributed by atoms with van der Waals surface area (Å²) in [5.74, 6) is 0.484. The minimum Gasteiger partial charge on any atom is -0.449 e. The number of benzene rings is 1. The Bertz CT molecular complexity index is 555. The number of carbonyl (C=O) groups is 1. The SMILES string of the molecule is CCCCCCCCCCCCCCCCCCCCCCc1ccccc1OC(=O)O. The van der Waals surface area contributed by atoms with Crippen molar-refractivity contribution in [2.24, 2.45) is 0 Å². The summed E-state index contributed by atoms with van der Waals surface area (Å²) in [6.07, 6.45) is 27.3. The fourth-order valence-electron chi connectivity index (χ4n) is 4.47. The second kappa shape index (κ2) is 21.3. The molecule has 0 heterocycles. The molecule has 1 rings (SSSR count). The maximum absolute atomic E-state index is 10.8. The second-order valence-electron chi connectivity index (χ2n) is 9.44. The van der Waals surface area contributed by atoms with Gasteiger partial charge in [0, 0.05) is 0 Å². The van der Waals surface area contributed by atoms with Crippen LogP contribution in [0.4, 0.5) is 4.79 Å². The van der Waals surface area contributed by atoms with E-state index in [9.17, 15) is 4.79 Å². The molecule has 0 saturated heterocycles. The first-order valence-electron chi connectivity index (χ1n) is 13.7. The highest BCUT2D eigenvalue weighted by Gasteiger charge is 2.06. The van der Waals surface area contributed by atoms with Gasteiger partial charge in [-0.25, -0.2) is 4.79 Å². The molecule has 0 radical (unpaired) electrons. The van der Waals surface area contributed by atoms with E-state index in [1.807, 2.05) is 18.2 Å². The van der Waals surface area contributed by atoms with E-state index in [1.54, 1.807) is 6.07 Å². The third kappa shape index (κ3) is 17.1. The standard InChI is InChI=1S/C29H50O3/c1-2-3-4-5-6-7-8-9-10-11-12-13-14-15-16-17-18-19-20-21-24-27-25-22-23-26-28(27)32-29(30)31/h22-23,25-26H,2-21,24H2,1H3,(H,30,31). The molecule has 0 spiro atoms. The smallest absolute Gasteiger partial charge is 0.449 e. The molecule has 1 aromatic carbocycles. The summed E-state index contributed by atoms with van der Waals surface area (Å²) in [7, 11) is 0. The lowest BCUT2D eigenvalue weighted by Gasteiger charge is -2.07. The van der Waals surface area contributed by atoms with Crippen LogP contribution in [0.5, 0.6) is 5.75 Å². The van der Waals surface area contributed by atoms with Crippen LogP contribution in [0.25, 0.3) is 0 Å². The monoisotopic (exact) mass is 446 g/mol. The highest BCUT2D eigenvalue weighted by Crippen LogP contribution is 2.21. The van der Waals surface area contributed by atoms with E-state index in [2.05, 4.69) is 6.92 Å². The van der Waals surface area contributed by atoms with E-state index in [-0.39, 0.29) is 0 Å². The Morgan fingerprint density at radius 2 is 1.00 bits per heavy atom. The molecule has 0 fully saturated rings. The Morgan fingerprint density at radius 1 is 0.625 bits per heavy atom. The lowest BCUT2D eigenvalue weighted by atomic mass is 10.0. The second-order valence-corrected chi connectivity index (χ2v) is 9.44. The van der Waals surface area contributed by atoms with Crippen molar-refractivity contribution in [3.05, 3.63) is 29.8 Å². The van der Waals surface area contributed by atoms with Gasteiger partial charge < -0.3 is 9.84 Å². The predicted octanol–water partition coefficient (Wildman–Crippen LogP) is 10.1. The van der Waals surface area contributed by atoms with Gasteiger partial charge in [-0.3, -0.25) is 0 Å². The molecule has 0 saturated carbocycles. The van der Waals surface area contributed by atoms with E-state index in [0.717, 1.165) is 18.4 Å². The molecule has 3 nitrogen and oxygen atoms in total. The van der Waals surface area contributed by atoms with Crippen LogP contribution in [0.2, 0.25) is 0 Å². The summed E-state index contributed by atoms with van der Waals surface area (Å²) < 4.78 is 4.86. The van der Waals surface area contributed by atoms with Crippen LogP contribution < -0.4 is 4.74 Å². The summed E-state index contributed by atoms with van der Waals surface area (Å²) in [6.45, 7) is 2.29. The molecule has 0 aliphatic heterocycles. The fourth-order valence-corrected chi connectivity index (χ4v) is 4.47. The van der Waals surface area contributed by atoms with E-state index < -0.39 is 6.16 Å². The van der Waals surface area contributed by atoms with Gasteiger partial charge in [-0.15, -0.1) is 0 Å². The van der Waals surface area contributed by atoms with Gasteiger partial charge in [0.05, 0.1) is 0 Å². The molecule has 184 valence electrons. The molecule has 0 aromatic heterocycles. The first-order chi connectivity index (χ1) is 15.7. The molecule has 0 atom stereocenters. The Labute approximate surface area is 198 Å². The Morgan fingerprint density at radius 3 is 1.41 bits per heavy atom. The summed E-state index contributed by atoms with van der Waals surface area (Å²) in [5, 5.41) is 8.81. The van der Waals surface area contributed by atoms with Gasteiger partial charge in [0.1, 0.15) is 5.75 Å². The quantitative estimate of drug-likeness (QED) is 0.109. The van der Waals surface area contributed by atoms with Gasteiger partial charge in [0.2, 0.25) is 0 Å². The van der Waals surface area contributed by atoms with E-state index >= 15 is 0 Å². The summed E-state index contributed by atoms with van der Waals surface area (Å²) in [4.78, 5) is 10.8. The molecule has 0 aliphatic carbocycles. The van der Waals surface area contributed by atoms with E-state index in [1.165, 1.54) is 122 Å².